The summed E-state index contributed by atoms with van der Waals surface area (Å²) in [5.74, 6) is -1.06. The zero-order valence-electron chi connectivity index (χ0n) is 9.45. The van der Waals surface area contributed by atoms with Crippen LogP contribution in [0.15, 0.2) is 11.6 Å². The van der Waals surface area contributed by atoms with E-state index in [-0.39, 0.29) is 12.4 Å². The van der Waals surface area contributed by atoms with E-state index in [2.05, 4.69) is 0 Å². The Bertz CT molecular complexity index is 255. The molecule has 0 aliphatic heterocycles. The van der Waals surface area contributed by atoms with Crippen LogP contribution < -0.4 is 0 Å². The van der Waals surface area contributed by atoms with E-state index >= 15 is 0 Å². The molecule has 0 aliphatic carbocycles. The van der Waals surface area contributed by atoms with Crippen LogP contribution >= 0.6 is 0 Å². The molecule has 0 rings (SSSR count). The van der Waals surface area contributed by atoms with Crippen LogP contribution in [-0.4, -0.2) is 23.7 Å². The monoisotopic (exact) mass is 214 g/mol. The van der Waals surface area contributed by atoms with Crippen LogP contribution in [-0.2, 0) is 14.3 Å². The van der Waals surface area contributed by atoms with Gasteiger partial charge in [-0.1, -0.05) is 25.8 Å². The Balaban J connectivity index is 3.89. The van der Waals surface area contributed by atoms with E-state index in [1.54, 1.807) is 6.92 Å². The standard InChI is InChI=1S/C11H18O4/c1-4-8(2)7-15-11(14)6-9(3)5-10(12)13/h5,8H,4,6-7H2,1-3H3,(H,12,13)/b9-5+/t8-/m0/s1. The van der Waals surface area contributed by atoms with Crippen molar-refractivity contribution < 1.29 is 19.4 Å². The van der Waals surface area contributed by atoms with Crippen LogP contribution in [0.2, 0.25) is 0 Å². The summed E-state index contributed by atoms with van der Waals surface area (Å²) in [6.45, 7) is 6.01. The number of rotatable bonds is 6. The summed E-state index contributed by atoms with van der Waals surface area (Å²) in [6.07, 6.45) is 2.02. The first-order chi connectivity index (χ1) is 6.95. The normalized spacial score (nSPS) is 13.4. The molecule has 0 spiro atoms. The number of ether oxygens (including phenoxy) is 1. The summed E-state index contributed by atoms with van der Waals surface area (Å²) in [7, 11) is 0. The van der Waals surface area contributed by atoms with E-state index in [4.69, 9.17) is 9.84 Å². The van der Waals surface area contributed by atoms with Crippen LogP contribution in [0.5, 0.6) is 0 Å². The molecule has 0 saturated carbocycles. The minimum atomic E-state index is -1.04. The molecule has 0 aliphatic rings. The van der Waals surface area contributed by atoms with E-state index in [0.29, 0.717) is 18.1 Å². The lowest BCUT2D eigenvalue weighted by Gasteiger charge is -2.09. The van der Waals surface area contributed by atoms with Gasteiger partial charge in [-0.15, -0.1) is 0 Å². The van der Waals surface area contributed by atoms with Crippen LogP contribution in [0.25, 0.3) is 0 Å². The van der Waals surface area contributed by atoms with Crippen molar-refractivity contribution in [2.24, 2.45) is 5.92 Å². The number of hydrogen-bond donors (Lipinski definition) is 1. The number of esters is 1. The molecular formula is C11H18O4. The average Bonchev–Trinajstić information content (AvgIpc) is 2.12. The topological polar surface area (TPSA) is 63.6 Å². The van der Waals surface area contributed by atoms with Crippen molar-refractivity contribution >= 4 is 11.9 Å². The number of carbonyl (C=O) groups is 2. The second kappa shape index (κ2) is 7.04. The second-order valence-corrected chi connectivity index (χ2v) is 3.70. The highest BCUT2D eigenvalue weighted by Crippen LogP contribution is 2.05. The summed E-state index contributed by atoms with van der Waals surface area (Å²) in [6, 6.07) is 0. The highest BCUT2D eigenvalue weighted by molar-refractivity contribution is 5.82. The zero-order chi connectivity index (χ0) is 11.8. The molecule has 1 N–H and O–H groups in total. The van der Waals surface area contributed by atoms with Crippen LogP contribution in [0, 0.1) is 5.92 Å². The van der Waals surface area contributed by atoms with E-state index in [0.717, 1.165) is 12.5 Å². The molecule has 0 aromatic rings. The fourth-order valence-electron chi connectivity index (χ4n) is 0.894. The first-order valence-electron chi connectivity index (χ1n) is 5.01. The molecule has 0 amide bonds. The Morgan fingerprint density at radius 1 is 1.47 bits per heavy atom. The lowest BCUT2D eigenvalue weighted by atomic mass is 10.1. The van der Waals surface area contributed by atoms with Gasteiger partial charge in [0.05, 0.1) is 13.0 Å². The maximum atomic E-state index is 11.2. The third-order valence-corrected chi connectivity index (χ3v) is 2.02. The zero-order valence-corrected chi connectivity index (χ0v) is 9.45. The minimum Gasteiger partial charge on any atom is -0.478 e. The van der Waals surface area contributed by atoms with Crippen molar-refractivity contribution in [1.82, 2.24) is 0 Å². The molecule has 0 heterocycles. The first kappa shape index (κ1) is 13.7. The van der Waals surface area contributed by atoms with Gasteiger partial charge in [-0.3, -0.25) is 4.79 Å². The fraction of sp³-hybridized carbons (Fsp3) is 0.636. The van der Waals surface area contributed by atoms with E-state index in [1.807, 2.05) is 13.8 Å². The maximum absolute atomic E-state index is 11.2. The Morgan fingerprint density at radius 2 is 2.07 bits per heavy atom. The Morgan fingerprint density at radius 3 is 2.53 bits per heavy atom. The van der Waals surface area contributed by atoms with Crippen molar-refractivity contribution in [3.8, 4) is 0 Å². The SMILES string of the molecule is CC[C@H](C)COC(=O)C/C(C)=C/C(=O)O. The molecule has 0 fully saturated rings. The molecule has 4 nitrogen and oxygen atoms in total. The summed E-state index contributed by atoms with van der Waals surface area (Å²) >= 11 is 0. The van der Waals surface area contributed by atoms with Gasteiger partial charge in [0.2, 0.25) is 0 Å². The van der Waals surface area contributed by atoms with Gasteiger partial charge in [-0.25, -0.2) is 4.79 Å². The number of carbonyl (C=O) groups excluding carboxylic acids is 1. The number of hydrogen-bond acceptors (Lipinski definition) is 3. The minimum absolute atomic E-state index is 0.0444. The lowest BCUT2D eigenvalue weighted by molar-refractivity contribution is -0.144. The predicted molar refractivity (Wildman–Crippen MR) is 56.4 cm³/mol. The van der Waals surface area contributed by atoms with Crippen molar-refractivity contribution in [2.45, 2.75) is 33.6 Å². The Labute approximate surface area is 89.9 Å². The largest absolute Gasteiger partial charge is 0.478 e. The highest BCUT2D eigenvalue weighted by atomic mass is 16.5. The van der Waals surface area contributed by atoms with E-state index in [1.165, 1.54) is 0 Å². The molecule has 15 heavy (non-hydrogen) atoms. The number of carboxylic acid groups (broad SMARTS) is 1. The lowest BCUT2D eigenvalue weighted by Crippen LogP contribution is -2.11. The molecule has 0 saturated heterocycles. The van der Waals surface area contributed by atoms with Gasteiger partial charge in [0.15, 0.2) is 0 Å². The molecule has 0 bridgehead atoms. The van der Waals surface area contributed by atoms with Gasteiger partial charge in [-0.05, 0) is 12.8 Å². The van der Waals surface area contributed by atoms with Gasteiger partial charge in [0.25, 0.3) is 0 Å². The molecule has 86 valence electrons. The third-order valence-electron chi connectivity index (χ3n) is 2.02. The number of carboxylic acids is 1. The Hall–Kier alpha value is -1.32. The van der Waals surface area contributed by atoms with E-state index < -0.39 is 5.97 Å². The van der Waals surface area contributed by atoms with Gasteiger partial charge < -0.3 is 9.84 Å². The molecular weight excluding hydrogens is 196 g/mol. The molecule has 1 atom stereocenters. The van der Waals surface area contributed by atoms with Crippen molar-refractivity contribution in [1.29, 1.82) is 0 Å². The predicted octanol–water partition coefficient (Wildman–Crippen LogP) is 2.00. The maximum Gasteiger partial charge on any atom is 0.328 e. The Kier molecular flexibility index (Phi) is 6.42. The third kappa shape index (κ3) is 7.73. The van der Waals surface area contributed by atoms with Crippen molar-refractivity contribution in [3.63, 3.8) is 0 Å². The first-order valence-corrected chi connectivity index (χ1v) is 5.01. The van der Waals surface area contributed by atoms with Crippen LogP contribution in [0.1, 0.15) is 33.6 Å². The summed E-state index contributed by atoms with van der Waals surface area (Å²) in [5.41, 5.74) is 0.497. The molecule has 0 aromatic heterocycles. The summed E-state index contributed by atoms with van der Waals surface area (Å²) < 4.78 is 4.97. The molecule has 0 unspecified atom stereocenters. The van der Waals surface area contributed by atoms with Crippen molar-refractivity contribution in [2.75, 3.05) is 6.61 Å². The van der Waals surface area contributed by atoms with Gasteiger partial charge in [0, 0.05) is 6.08 Å². The van der Waals surface area contributed by atoms with E-state index in [9.17, 15) is 9.59 Å². The van der Waals surface area contributed by atoms with Crippen molar-refractivity contribution in [3.05, 3.63) is 11.6 Å². The van der Waals surface area contributed by atoms with Crippen LogP contribution in [0.3, 0.4) is 0 Å². The number of aliphatic carboxylic acids is 1. The fourth-order valence-corrected chi connectivity index (χ4v) is 0.894. The summed E-state index contributed by atoms with van der Waals surface area (Å²) in [5, 5.41) is 8.42. The average molecular weight is 214 g/mol. The van der Waals surface area contributed by atoms with Crippen LogP contribution in [0.4, 0.5) is 0 Å². The molecule has 0 radical (unpaired) electrons. The van der Waals surface area contributed by atoms with Gasteiger partial charge >= 0.3 is 11.9 Å². The van der Waals surface area contributed by atoms with Gasteiger partial charge in [-0.2, -0.15) is 0 Å². The smallest absolute Gasteiger partial charge is 0.328 e. The summed E-state index contributed by atoms with van der Waals surface area (Å²) in [4.78, 5) is 21.5. The molecule has 4 heteroatoms. The molecule has 0 aromatic carbocycles. The highest BCUT2D eigenvalue weighted by Gasteiger charge is 2.07. The van der Waals surface area contributed by atoms with Gasteiger partial charge in [0.1, 0.15) is 0 Å². The quantitative estimate of drug-likeness (QED) is 0.542. The second-order valence-electron chi connectivity index (χ2n) is 3.70.